The van der Waals surface area contributed by atoms with E-state index in [-0.39, 0.29) is 0 Å². The molecular formula is C23H22Cl2N2O5. The predicted molar refractivity (Wildman–Crippen MR) is 124 cm³/mol. The Hall–Kier alpha value is -3.16. The lowest BCUT2D eigenvalue weighted by Crippen LogP contribution is -2.21. The first-order valence-corrected chi connectivity index (χ1v) is 10.3. The molecule has 0 saturated carbocycles. The molecule has 0 atom stereocenters. The molecule has 32 heavy (non-hydrogen) atoms. The first-order valence-electron chi connectivity index (χ1n) is 9.58. The molecule has 3 rings (SSSR count). The minimum Gasteiger partial charge on any atom is -0.495 e. The molecule has 0 aliphatic carbocycles. The maximum atomic E-state index is 12.7. The number of hydrogen-bond donors (Lipinski definition) is 1. The molecule has 0 bridgehead atoms. The van der Waals surface area contributed by atoms with Gasteiger partial charge in [0.2, 0.25) is 0 Å². The summed E-state index contributed by atoms with van der Waals surface area (Å²) in [4.78, 5) is 25.0. The van der Waals surface area contributed by atoms with Crippen LogP contribution in [0.3, 0.4) is 0 Å². The second-order valence-electron chi connectivity index (χ2n) is 6.91. The van der Waals surface area contributed by atoms with Crippen molar-refractivity contribution >= 4 is 40.8 Å². The SMILES string of the molecule is COc1ccc(Cl)cc1NC(=O)COC(=O)c1cc(C)n(-c2cc(Cl)ccc2OC)c1C. The van der Waals surface area contributed by atoms with E-state index in [9.17, 15) is 9.59 Å². The Morgan fingerprint density at radius 2 is 1.56 bits per heavy atom. The predicted octanol–water partition coefficient (Wildman–Crippen LogP) is 5.21. The number of esters is 1. The summed E-state index contributed by atoms with van der Waals surface area (Å²) >= 11 is 12.1. The van der Waals surface area contributed by atoms with Crippen molar-refractivity contribution < 1.29 is 23.8 Å². The van der Waals surface area contributed by atoms with Crippen LogP contribution in [0.2, 0.25) is 10.0 Å². The number of aromatic nitrogens is 1. The van der Waals surface area contributed by atoms with Gasteiger partial charge in [-0.3, -0.25) is 4.79 Å². The molecule has 3 aromatic rings. The molecule has 2 aromatic carbocycles. The van der Waals surface area contributed by atoms with Crippen molar-refractivity contribution in [3.8, 4) is 17.2 Å². The largest absolute Gasteiger partial charge is 0.495 e. The topological polar surface area (TPSA) is 78.8 Å². The molecule has 7 nitrogen and oxygen atoms in total. The van der Waals surface area contributed by atoms with E-state index in [2.05, 4.69) is 5.32 Å². The van der Waals surface area contributed by atoms with Crippen molar-refractivity contribution in [1.29, 1.82) is 0 Å². The first-order chi connectivity index (χ1) is 15.2. The number of methoxy groups -OCH3 is 2. The van der Waals surface area contributed by atoms with Crippen LogP contribution in [0.5, 0.6) is 11.5 Å². The van der Waals surface area contributed by atoms with Crippen molar-refractivity contribution in [2.75, 3.05) is 26.1 Å². The van der Waals surface area contributed by atoms with Gasteiger partial charge < -0.3 is 24.1 Å². The number of ether oxygens (including phenoxy) is 3. The number of carbonyl (C=O) groups is 2. The third-order valence-corrected chi connectivity index (χ3v) is 5.27. The number of hydrogen-bond acceptors (Lipinski definition) is 5. The van der Waals surface area contributed by atoms with Gasteiger partial charge >= 0.3 is 5.97 Å². The highest BCUT2D eigenvalue weighted by Crippen LogP contribution is 2.31. The number of nitrogens with one attached hydrogen (secondary N) is 1. The van der Waals surface area contributed by atoms with Crippen LogP contribution in [0.15, 0.2) is 42.5 Å². The lowest BCUT2D eigenvalue weighted by atomic mass is 10.2. The normalized spacial score (nSPS) is 10.6. The highest BCUT2D eigenvalue weighted by atomic mass is 35.5. The molecule has 0 unspecified atom stereocenters. The van der Waals surface area contributed by atoms with Gasteiger partial charge in [0.1, 0.15) is 11.5 Å². The zero-order chi connectivity index (χ0) is 23.4. The average molecular weight is 477 g/mol. The Bertz CT molecular complexity index is 1170. The number of anilines is 1. The molecule has 0 aliphatic heterocycles. The van der Waals surface area contributed by atoms with Gasteiger partial charge in [-0.25, -0.2) is 4.79 Å². The summed E-state index contributed by atoms with van der Waals surface area (Å²) in [5.41, 5.74) is 2.82. The third kappa shape index (κ3) is 5.00. The molecule has 1 N–H and O–H groups in total. The average Bonchev–Trinajstić information content (AvgIpc) is 3.06. The molecule has 1 heterocycles. The van der Waals surface area contributed by atoms with Gasteiger partial charge in [-0.1, -0.05) is 23.2 Å². The number of benzene rings is 2. The van der Waals surface area contributed by atoms with Gasteiger partial charge in [-0.15, -0.1) is 0 Å². The van der Waals surface area contributed by atoms with Gasteiger partial charge in [0, 0.05) is 21.4 Å². The van der Waals surface area contributed by atoms with Crippen LogP contribution in [0.25, 0.3) is 5.69 Å². The lowest BCUT2D eigenvalue weighted by molar-refractivity contribution is -0.119. The zero-order valence-corrected chi connectivity index (χ0v) is 19.5. The van der Waals surface area contributed by atoms with Crippen LogP contribution < -0.4 is 14.8 Å². The Morgan fingerprint density at radius 3 is 2.22 bits per heavy atom. The zero-order valence-electron chi connectivity index (χ0n) is 18.0. The molecule has 0 aliphatic rings. The van der Waals surface area contributed by atoms with Crippen LogP contribution in [-0.4, -0.2) is 37.3 Å². The first kappa shape index (κ1) is 23.5. The number of amides is 1. The van der Waals surface area contributed by atoms with E-state index in [4.69, 9.17) is 37.4 Å². The summed E-state index contributed by atoms with van der Waals surface area (Å²) in [6.45, 7) is 3.15. The standard InChI is InChI=1S/C23H22Cl2N2O5/c1-13-9-17(14(2)27(13)19-11-16(25)6-8-21(19)31-4)23(29)32-12-22(28)26-18-10-15(24)5-7-20(18)30-3/h5-11H,12H2,1-4H3,(H,26,28). The van der Waals surface area contributed by atoms with E-state index in [1.165, 1.54) is 7.11 Å². The summed E-state index contributed by atoms with van der Waals surface area (Å²) < 4.78 is 17.7. The van der Waals surface area contributed by atoms with Gasteiger partial charge in [0.05, 0.1) is 31.2 Å². The van der Waals surface area contributed by atoms with E-state index < -0.39 is 18.5 Å². The second kappa shape index (κ2) is 9.97. The fourth-order valence-electron chi connectivity index (χ4n) is 3.35. The van der Waals surface area contributed by atoms with E-state index in [0.717, 1.165) is 5.69 Å². The van der Waals surface area contributed by atoms with Crippen LogP contribution in [-0.2, 0) is 9.53 Å². The van der Waals surface area contributed by atoms with Crippen molar-refractivity contribution in [2.24, 2.45) is 0 Å². The third-order valence-electron chi connectivity index (χ3n) is 4.80. The van der Waals surface area contributed by atoms with Crippen LogP contribution in [0, 0.1) is 13.8 Å². The highest BCUT2D eigenvalue weighted by molar-refractivity contribution is 6.31. The minimum absolute atomic E-state index is 0.331. The summed E-state index contributed by atoms with van der Waals surface area (Å²) in [6, 6.07) is 11.7. The monoisotopic (exact) mass is 476 g/mol. The molecule has 0 saturated heterocycles. The van der Waals surface area contributed by atoms with Crippen molar-refractivity contribution in [3.63, 3.8) is 0 Å². The van der Waals surface area contributed by atoms with Gasteiger partial charge in [0.15, 0.2) is 6.61 Å². The maximum absolute atomic E-state index is 12.7. The molecule has 1 aromatic heterocycles. The fourth-order valence-corrected chi connectivity index (χ4v) is 3.69. The number of rotatable bonds is 7. The molecule has 0 fully saturated rings. The summed E-state index contributed by atoms with van der Waals surface area (Å²) in [5.74, 6) is -0.109. The van der Waals surface area contributed by atoms with E-state index in [0.29, 0.717) is 44.2 Å². The summed E-state index contributed by atoms with van der Waals surface area (Å²) in [6.07, 6.45) is 0. The number of nitrogens with zero attached hydrogens (tertiary/aromatic N) is 1. The highest BCUT2D eigenvalue weighted by Gasteiger charge is 2.21. The molecule has 9 heteroatoms. The number of aryl methyl sites for hydroxylation is 1. The van der Waals surface area contributed by atoms with Gasteiger partial charge in [-0.05, 0) is 56.3 Å². The van der Waals surface area contributed by atoms with E-state index in [1.54, 1.807) is 56.5 Å². The Morgan fingerprint density at radius 1 is 0.938 bits per heavy atom. The fraction of sp³-hybridized carbons (Fsp3) is 0.217. The lowest BCUT2D eigenvalue weighted by Gasteiger charge is -2.14. The summed E-state index contributed by atoms with van der Waals surface area (Å²) in [7, 11) is 3.03. The molecule has 0 spiro atoms. The molecule has 0 radical (unpaired) electrons. The maximum Gasteiger partial charge on any atom is 0.340 e. The van der Waals surface area contributed by atoms with Crippen molar-refractivity contribution in [3.05, 3.63) is 69.5 Å². The van der Waals surface area contributed by atoms with Crippen LogP contribution >= 0.6 is 23.2 Å². The van der Waals surface area contributed by atoms with Crippen LogP contribution in [0.4, 0.5) is 5.69 Å². The number of carbonyl (C=O) groups excluding carboxylic acids is 2. The Balaban J connectivity index is 1.76. The minimum atomic E-state index is -0.626. The van der Waals surface area contributed by atoms with Crippen LogP contribution in [0.1, 0.15) is 21.7 Å². The second-order valence-corrected chi connectivity index (χ2v) is 7.78. The number of halogens is 2. The molecular weight excluding hydrogens is 455 g/mol. The Kier molecular flexibility index (Phi) is 7.33. The Labute approximate surface area is 195 Å². The van der Waals surface area contributed by atoms with E-state index in [1.807, 2.05) is 11.5 Å². The molecule has 168 valence electrons. The van der Waals surface area contributed by atoms with Gasteiger partial charge in [0.25, 0.3) is 5.91 Å². The molecule has 1 amide bonds. The van der Waals surface area contributed by atoms with E-state index >= 15 is 0 Å². The van der Waals surface area contributed by atoms with Gasteiger partial charge in [-0.2, -0.15) is 0 Å². The quantitative estimate of drug-likeness (QED) is 0.473. The summed E-state index contributed by atoms with van der Waals surface area (Å²) in [5, 5.41) is 3.59. The van der Waals surface area contributed by atoms with Crippen molar-refractivity contribution in [1.82, 2.24) is 4.57 Å². The smallest absolute Gasteiger partial charge is 0.340 e. The van der Waals surface area contributed by atoms with Crippen molar-refractivity contribution in [2.45, 2.75) is 13.8 Å².